The van der Waals surface area contributed by atoms with Crippen molar-refractivity contribution in [3.05, 3.63) is 11.9 Å². The first-order chi connectivity index (χ1) is 13.8. The topological polar surface area (TPSA) is 129 Å². The number of amides is 5. The maximum atomic E-state index is 13.3. The number of imide groups is 1. The molecule has 2 fully saturated rings. The second-order valence-electron chi connectivity index (χ2n) is 7.75. The van der Waals surface area contributed by atoms with Crippen LogP contribution in [0.3, 0.4) is 0 Å². The highest BCUT2D eigenvalue weighted by Gasteiger charge is 2.58. The predicted molar refractivity (Wildman–Crippen MR) is 99.5 cm³/mol. The van der Waals surface area contributed by atoms with E-state index in [4.69, 9.17) is 0 Å². The minimum Gasteiger partial charge on any atom is -0.355 e. The Balaban J connectivity index is 1.79. The number of urea groups is 1. The Morgan fingerprint density at radius 1 is 1.28 bits per heavy atom. The summed E-state index contributed by atoms with van der Waals surface area (Å²) in [5.74, 6) is -0.923. The largest absolute Gasteiger partial charge is 0.355 e. The van der Waals surface area contributed by atoms with E-state index in [1.54, 1.807) is 16.7 Å². The fourth-order valence-electron chi connectivity index (χ4n) is 3.92. The highest BCUT2D eigenvalue weighted by Crippen LogP contribution is 2.38. The molecule has 1 aromatic rings. The predicted octanol–water partition coefficient (Wildman–Crippen LogP) is 0.101. The summed E-state index contributed by atoms with van der Waals surface area (Å²) < 4.78 is 4.48. The molecular weight excluding hydrogens is 380 g/mol. The van der Waals surface area contributed by atoms with Crippen LogP contribution in [0.4, 0.5) is 4.79 Å². The molecule has 29 heavy (non-hydrogen) atoms. The number of nitrogens with one attached hydrogen (secondary N) is 1. The fourth-order valence-corrected chi connectivity index (χ4v) is 3.92. The Labute approximate surface area is 168 Å². The molecule has 2 aliphatic rings. The minimum absolute atomic E-state index is 0.103. The van der Waals surface area contributed by atoms with E-state index >= 15 is 0 Å². The number of rotatable bonds is 6. The molecule has 0 aromatic carbocycles. The van der Waals surface area contributed by atoms with E-state index in [1.807, 2.05) is 13.8 Å². The van der Waals surface area contributed by atoms with Gasteiger partial charge in [-0.05, 0) is 30.8 Å². The third-order valence-corrected chi connectivity index (χ3v) is 5.30. The molecular formula is C18H26N6O5. The van der Waals surface area contributed by atoms with Gasteiger partial charge < -0.3 is 15.1 Å². The average molecular weight is 406 g/mol. The standard InChI is InChI=1S/C18H26N6O5/c1-4-19-14(25)11-23-16(27)18(24(17(23)28)10-12(2)3)5-7-22(8-6-18)15(26)13-9-20-29-21-13/h9,12H,4-8,10-11H2,1-3H3,(H,19,25). The van der Waals surface area contributed by atoms with Crippen molar-refractivity contribution in [1.29, 1.82) is 0 Å². The number of piperidine rings is 1. The summed E-state index contributed by atoms with van der Waals surface area (Å²) in [6, 6.07) is -0.449. The lowest BCUT2D eigenvalue weighted by atomic mass is 9.85. The molecule has 0 bridgehead atoms. The molecule has 2 aliphatic heterocycles. The fraction of sp³-hybridized carbons (Fsp3) is 0.667. The van der Waals surface area contributed by atoms with Crippen LogP contribution in [0.15, 0.2) is 10.8 Å². The summed E-state index contributed by atoms with van der Waals surface area (Å²) in [5.41, 5.74) is -0.932. The van der Waals surface area contributed by atoms with Crippen molar-refractivity contribution in [2.24, 2.45) is 5.92 Å². The Hall–Kier alpha value is -2.98. The van der Waals surface area contributed by atoms with Gasteiger partial charge in [0.15, 0.2) is 5.69 Å². The molecule has 1 aromatic heterocycles. The van der Waals surface area contributed by atoms with Crippen molar-refractivity contribution < 1.29 is 23.8 Å². The average Bonchev–Trinajstić information content (AvgIpc) is 3.28. The molecule has 1 spiro atoms. The number of carbonyl (C=O) groups excluding carboxylic acids is 4. The Morgan fingerprint density at radius 2 is 1.97 bits per heavy atom. The Morgan fingerprint density at radius 3 is 2.52 bits per heavy atom. The monoisotopic (exact) mass is 406 g/mol. The lowest BCUT2D eigenvalue weighted by Crippen LogP contribution is -2.58. The van der Waals surface area contributed by atoms with E-state index in [-0.39, 0.29) is 49.0 Å². The summed E-state index contributed by atoms with van der Waals surface area (Å²) in [4.78, 5) is 55.0. The van der Waals surface area contributed by atoms with E-state index in [2.05, 4.69) is 20.3 Å². The van der Waals surface area contributed by atoms with Crippen molar-refractivity contribution in [3.63, 3.8) is 0 Å². The Bertz CT molecular complexity index is 785. The second kappa shape index (κ2) is 8.18. The van der Waals surface area contributed by atoms with Gasteiger partial charge in [-0.3, -0.25) is 19.3 Å². The molecule has 0 atom stereocenters. The maximum Gasteiger partial charge on any atom is 0.328 e. The van der Waals surface area contributed by atoms with Crippen LogP contribution in [-0.4, -0.2) is 87.0 Å². The van der Waals surface area contributed by atoms with Gasteiger partial charge in [0.1, 0.15) is 18.3 Å². The normalized spacial score (nSPS) is 18.8. The number of likely N-dealkylation sites (tertiary alicyclic amines) is 1. The van der Waals surface area contributed by atoms with Crippen molar-refractivity contribution in [2.45, 2.75) is 39.2 Å². The zero-order valence-corrected chi connectivity index (χ0v) is 16.9. The van der Waals surface area contributed by atoms with Crippen LogP contribution in [0.1, 0.15) is 44.1 Å². The van der Waals surface area contributed by atoms with Gasteiger partial charge in [0.05, 0.1) is 0 Å². The van der Waals surface area contributed by atoms with Gasteiger partial charge in [0.2, 0.25) is 5.91 Å². The quantitative estimate of drug-likeness (QED) is 0.663. The smallest absolute Gasteiger partial charge is 0.328 e. The summed E-state index contributed by atoms with van der Waals surface area (Å²) in [6.45, 7) is 6.80. The van der Waals surface area contributed by atoms with E-state index < -0.39 is 11.6 Å². The lowest BCUT2D eigenvalue weighted by Gasteiger charge is -2.42. The molecule has 11 heteroatoms. The van der Waals surface area contributed by atoms with Crippen LogP contribution in [0, 0.1) is 5.92 Å². The number of hydrogen-bond donors (Lipinski definition) is 1. The van der Waals surface area contributed by atoms with Crippen molar-refractivity contribution in [3.8, 4) is 0 Å². The first-order valence-electron chi connectivity index (χ1n) is 9.77. The molecule has 2 saturated heterocycles. The van der Waals surface area contributed by atoms with Crippen molar-refractivity contribution in [2.75, 3.05) is 32.7 Å². The minimum atomic E-state index is -1.04. The number of hydrogen-bond acceptors (Lipinski definition) is 7. The molecule has 5 amide bonds. The van der Waals surface area contributed by atoms with Crippen molar-refractivity contribution in [1.82, 2.24) is 30.3 Å². The zero-order valence-electron chi connectivity index (χ0n) is 16.9. The number of carbonyl (C=O) groups is 4. The van der Waals surface area contributed by atoms with Gasteiger partial charge in [-0.2, -0.15) is 0 Å². The molecule has 0 aliphatic carbocycles. The van der Waals surface area contributed by atoms with E-state index in [0.717, 1.165) is 4.90 Å². The summed E-state index contributed by atoms with van der Waals surface area (Å²) in [5, 5.41) is 9.63. The van der Waals surface area contributed by atoms with Crippen LogP contribution in [0.25, 0.3) is 0 Å². The van der Waals surface area contributed by atoms with E-state index in [1.165, 1.54) is 6.20 Å². The lowest BCUT2D eigenvalue weighted by molar-refractivity contribution is -0.138. The second-order valence-corrected chi connectivity index (χ2v) is 7.75. The van der Waals surface area contributed by atoms with Gasteiger partial charge in [0, 0.05) is 26.2 Å². The highest BCUT2D eigenvalue weighted by atomic mass is 16.6. The molecule has 158 valence electrons. The van der Waals surface area contributed by atoms with Gasteiger partial charge in [-0.15, -0.1) is 0 Å². The molecule has 3 heterocycles. The van der Waals surface area contributed by atoms with E-state index in [9.17, 15) is 19.2 Å². The first-order valence-corrected chi connectivity index (χ1v) is 9.77. The molecule has 0 unspecified atom stereocenters. The van der Waals surface area contributed by atoms with Gasteiger partial charge in [-0.25, -0.2) is 9.42 Å². The molecule has 3 rings (SSSR count). The number of likely N-dealkylation sites (N-methyl/N-ethyl adjacent to an activating group) is 1. The SMILES string of the molecule is CCNC(=O)CN1C(=O)N(CC(C)C)C2(CCN(C(=O)c3cnon3)CC2)C1=O. The third kappa shape index (κ3) is 3.81. The molecule has 1 N–H and O–H groups in total. The zero-order chi connectivity index (χ0) is 21.2. The van der Waals surface area contributed by atoms with Crippen LogP contribution in [0.5, 0.6) is 0 Å². The number of aromatic nitrogens is 2. The van der Waals surface area contributed by atoms with Crippen LogP contribution in [0.2, 0.25) is 0 Å². The summed E-state index contributed by atoms with van der Waals surface area (Å²) in [7, 11) is 0. The Kier molecular flexibility index (Phi) is 5.85. The van der Waals surface area contributed by atoms with Crippen LogP contribution >= 0.6 is 0 Å². The third-order valence-electron chi connectivity index (χ3n) is 5.30. The summed E-state index contributed by atoms with van der Waals surface area (Å²) >= 11 is 0. The van der Waals surface area contributed by atoms with Gasteiger partial charge >= 0.3 is 6.03 Å². The summed E-state index contributed by atoms with van der Waals surface area (Å²) in [6.07, 6.45) is 1.84. The van der Waals surface area contributed by atoms with Crippen LogP contribution in [-0.2, 0) is 9.59 Å². The molecule has 11 nitrogen and oxygen atoms in total. The molecule has 0 saturated carbocycles. The number of nitrogens with zero attached hydrogens (tertiary/aromatic N) is 5. The van der Waals surface area contributed by atoms with E-state index in [0.29, 0.717) is 25.9 Å². The maximum absolute atomic E-state index is 13.3. The van der Waals surface area contributed by atoms with Gasteiger partial charge in [-0.1, -0.05) is 19.0 Å². The highest BCUT2D eigenvalue weighted by molar-refractivity contribution is 6.09. The molecule has 0 radical (unpaired) electrons. The van der Waals surface area contributed by atoms with Crippen LogP contribution < -0.4 is 5.32 Å². The first kappa shape index (κ1) is 20.7. The van der Waals surface area contributed by atoms with Gasteiger partial charge in [0.25, 0.3) is 11.8 Å². The van der Waals surface area contributed by atoms with Crippen molar-refractivity contribution >= 4 is 23.8 Å².